The zero-order valence-electron chi connectivity index (χ0n) is 18.5. The minimum absolute atomic E-state index is 0.0760. The van der Waals surface area contributed by atoms with E-state index in [1.165, 1.54) is 18.5 Å². The molecular weight excluding hydrogens is 546 g/mol. The van der Waals surface area contributed by atoms with Crippen molar-refractivity contribution < 1.29 is 18.7 Å². The van der Waals surface area contributed by atoms with E-state index in [4.69, 9.17) is 20.8 Å². The summed E-state index contributed by atoms with van der Waals surface area (Å²) in [5.74, 6) is -0.762. The number of para-hydroxylation sites is 2. The van der Waals surface area contributed by atoms with Gasteiger partial charge in [-0.05, 0) is 52.3 Å². The molecule has 0 fully saturated rings. The van der Waals surface area contributed by atoms with Gasteiger partial charge in [0.25, 0.3) is 5.91 Å². The summed E-state index contributed by atoms with van der Waals surface area (Å²) in [7, 11) is 0. The molecule has 1 amide bonds. The van der Waals surface area contributed by atoms with E-state index in [2.05, 4.69) is 31.4 Å². The third-order valence-electron chi connectivity index (χ3n) is 5.37. The third-order valence-corrected chi connectivity index (χ3v) is 6.36. The number of nitrogens with one attached hydrogen (secondary N) is 2. The molecule has 0 saturated heterocycles. The molecule has 3 aromatic carbocycles. The van der Waals surface area contributed by atoms with Crippen LogP contribution >= 0.6 is 27.5 Å². The first kappa shape index (κ1) is 23.6. The van der Waals surface area contributed by atoms with Crippen LogP contribution in [0.5, 0.6) is 5.75 Å². The highest BCUT2D eigenvalue weighted by molar-refractivity contribution is 9.10. The fourth-order valence-electron chi connectivity index (χ4n) is 3.74. The Balaban J connectivity index is 1.43. The maximum Gasteiger partial charge on any atom is 0.379 e. The molecule has 2 aromatic heterocycles. The average Bonchev–Trinajstić information content (AvgIpc) is 3.55. The minimum Gasteiger partial charge on any atom is -0.457 e. The lowest BCUT2D eigenvalue weighted by molar-refractivity contribution is 0.0701. The van der Waals surface area contributed by atoms with Gasteiger partial charge in [-0.25, -0.2) is 10.2 Å². The molecule has 0 aliphatic heterocycles. The van der Waals surface area contributed by atoms with Crippen molar-refractivity contribution in [2.24, 2.45) is 5.10 Å². The Kier molecular flexibility index (Phi) is 6.71. The number of hydrogen-bond acceptors (Lipinski definition) is 5. The highest BCUT2D eigenvalue weighted by Crippen LogP contribution is 2.38. The first-order valence-electron chi connectivity index (χ1n) is 10.8. The number of hydrogen-bond donors (Lipinski definition) is 2. The number of amides is 1. The second-order valence-corrected chi connectivity index (χ2v) is 8.88. The van der Waals surface area contributed by atoms with E-state index in [1.807, 2.05) is 36.4 Å². The van der Waals surface area contributed by atoms with Gasteiger partial charge in [-0.1, -0.05) is 54.1 Å². The number of carbonyl (C=O) groups excluding carboxylic acids is 2. The quantitative estimate of drug-likeness (QED) is 0.103. The SMILES string of the molecule is O=C(Oc1ccccc1C=NNC(=O)c1[nH]c2c(Br)cccc2c1-c1ccccc1Cl)c1ccco1. The van der Waals surface area contributed by atoms with Gasteiger partial charge < -0.3 is 14.1 Å². The van der Waals surface area contributed by atoms with Crippen molar-refractivity contribution in [1.29, 1.82) is 0 Å². The second-order valence-electron chi connectivity index (χ2n) is 7.62. The zero-order chi connectivity index (χ0) is 25.1. The third kappa shape index (κ3) is 4.68. The van der Waals surface area contributed by atoms with Crippen molar-refractivity contribution in [3.8, 4) is 16.9 Å². The summed E-state index contributed by atoms with van der Waals surface area (Å²) in [5.41, 5.74) is 5.48. The Morgan fingerprint density at radius 1 is 1.00 bits per heavy atom. The van der Waals surface area contributed by atoms with Gasteiger partial charge in [0.2, 0.25) is 5.76 Å². The molecule has 9 heteroatoms. The van der Waals surface area contributed by atoms with Crippen molar-refractivity contribution in [1.82, 2.24) is 10.4 Å². The van der Waals surface area contributed by atoms with Crippen LogP contribution in [0.25, 0.3) is 22.0 Å². The topological polar surface area (TPSA) is 96.7 Å². The first-order valence-corrected chi connectivity index (χ1v) is 11.9. The molecule has 0 saturated carbocycles. The number of halogens is 2. The number of aromatic amines is 1. The number of nitrogens with zero attached hydrogens (tertiary/aromatic N) is 1. The predicted molar refractivity (Wildman–Crippen MR) is 142 cm³/mol. The van der Waals surface area contributed by atoms with E-state index in [-0.39, 0.29) is 11.5 Å². The molecule has 178 valence electrons. The molecule has 2 N–H and O–H groups in total. The Bertz CT molecular complexity index is 1610. The van der Waals surface area contributed by atoms with Crippen LogP contribution in [-0.4, -0.2) is 23.1 Å². The zero-order valence-corrected chi connectivity index (χ0v) is 20.8. The predicted octanol–water partition coefficient (Wildman–Crippen LogP) is 6.83. The van der Waals surface area contributed by atoms with Crippen LogP contribution in [-0.2, 0) is 0 Å². The maximum absolute atomic E-state index is 13.2. The van der Waals surface area contributed by atoms with Crippen LogP contribution in [0, 0.1) is 0 Å². The molecule has 36 heavy (non-hydrogen) atoms. The number of benzene rings is 3. The van der Waals surface area contributed by atoms with Gasteiger partial charge in [-0.3, -0.25) is 4.79 Å². The van der Waals surface area contributed by atoms with Crippen molar-refractivity contribution in [2.45, 2.75) is 0 Å². The van der Waals surface area contributed by atoms with Crippen LogP contribution in [0.2, 0.25) is 5.02 Å². The maximum atomic E-state index is 13.2. The van der Waals surface area contributed by atoms with E-state index in [0.29, 0.717) is 27.4 Å². The largest absolute Gasteiger partial charge is 0.457 e. The number of carbonyl (C=O) groups is 2. The number of aromatic nitrogens is 1. The average molecular weight is 563 g/mol. The lowest BCUT2D eigenvalue weighted by Crippen LogP contribution is -2.19. The molecule has 0 aliphatic rings. The van der Waals surface area contributed by atoms with Gasteiger partial charge >= 0.3 is 5.97 Å². The summed E-state index contributed by atoms with van der Waals surface area (Å²) in [6.45, 7) is 0. The summed E-state index contributed by atoms with van der Waals surface area (Å²) in [4.78, 5) is 28.7. The molecule has 0 unspecified atom stereocenters. The Labute approximate surface area is 218 Å². The molecule has 0 bridgehead atoms. The van der Waals surface area contributed by atoms with Crippen molar-refractivity contribution in [3.05, 3.63) is 112 Å². The standard InChI is InChI=1S/C27H17BrClN3O4/c28-19-10-5-9-18-23(17-8-2-3-11-20(17)29)25(31-24(18)19)26(33)32-30-15-16-7-1-4-12-21(16)36-27(34)22-13-6-14-35-22/h1-15,31H,(H,32,33). The molecule has 7 nitrogen and oxygen atoms in total. The number of esters is 1. The number of ether oxygens (including phenoxy) is 1. The fourth-order valence-corrected chi connectivity index (χ4v) is 4.43. The fraction of sp³-hybridized carbons (Fsp3) is 0. The van der Waals surface area contributed by atoms with Crippen LogP contribution < -0.4 is 10.2 Å². The van der Waals surface area contributed by atoms with E-state index < -0.39 is 11.9 Å². The van der Waals surface area contributed by atoms with Gasteiger partial charge in [0.15, 0.2) is 0 Å². The van der Waals surface area contributed by atoms with Gasteiger partial charge in [0, 0.05) is 31.6 Å². The van der Waals surface area contributed by atoms with Crippen molar-refractivity contribution in [2.75, 3.05) is 0 Å². The highest BCUT2D eigenvalue weighted by Gasteiger charge is 2.21. The summed E-state index contributed by atoms with van der Waals surface area (Å²) < 4.78 is 11.3. The van der Waals surface area contributed by atoms with E-state index >= 15 is 0 Å². The summed E-state index contributed by atoms with van der Waals surface area (Å²) in [6.07, 6.45) is 2.79. The first-order chi connectivity index (χ1) is 17.5. The van der Waals surface area contributed by atoms with Crippen LogP contribution in [0.1, 0.15) is 26.6 Å². The highest BCUT2D eigenvalue weighted by atomic mass is 79.9. The second kappa shape index (κ2) is 10.2. The molecule has 0 radical (unpaired) electrons. The van der Waals surface area contributed by atoms with Crippen LogP contribution in [0.4, 0.5) is 0 Å². The molecule has 2 heterocycles. The number of fused-ring (bicyclic) bond motifs is 1. The summed E-state index contributed by atoms with van der Waals surface area (Å²) in [6, 6.07) is 22.9. The summed E-state index contributed by atoms with van der Waals surface area (Å²) >= 11 is 10.0. The normalized spacial score (nSPS) is 11.2. The van der Waals surface area contributed by atoms with Crippen LogP contribution in [0.15, 0.2) is 99.1 Å². The lowest BCUT2D eigenvalue weighted by atomic mass is 10.0. The monoisotopic (exact) mass is 561 g/mol. The number of H-pyrrole nitrogens is 1. The minimum atomic E-state index is -0.641. The molecule has 5 aromatic rings. The van der Waals surface area contributed by atoms with Gasteiger partial charge in [-0.2, -0.15) is 5.10 Å². The summed E-state index contributed by atoms with van der Waals surface area (Å²) in [5, 5.41) is 5.45. The van der Waals surface area contributed by atoms with Gasteiger partial charge in [-0.15, -0.1) is 0 Å². The van der Waals surface area contributed by atoms with Gasteiger partial charge in [0.1, 0.15) is 11.4 Å². The number of rotatable bonds is 6. The molecule has 0 spiro atoms. The van der Waals surface area contributed by atoms with E-state index in [1.54, 1.807) is 36.4 Å². The van der Waals surface area contributed by atoms with Crippen molar-refractivity contribution >= 4 is 56.5 Å². The molecular formula is C27H17BrClN3O4. The van der Waals surface area contributed by atoms with Crippen LogP contribution in [0.3, 0.4) is 0 Å². The Morgan fingerprint density at radius 3 is 2.61 bits per heavy atom. The molecule has 0 atom stereocenters. The Hall–Kier alpha value is -4.14. The van der Waals surface area contributed by atoms with E-state index in [9.17, 15) is 9.59 Å². The smallest absolute Gasteiger partial charge is 0.379 e. The number of furan rings is 1. The number of hydrazone groups is 1. The van der Waals surface area contributed by atoms with Crippen molar-refractivity contribution in [3.63, 3.8) is 0 Å². The lowest BCUT2D eigenvalue weighted by Gasteiger charge is -2.07. The Morgan fingerprint density at radius 2 is 1.81 bits per heavy atom. The van der Waals surface area contributed by atoms with E-state index in [0.717, 1.165) is 15.4 Å². The molecule has 5 rings (SSSR count). The molecule has 0 aliphatic carbocycles. The van der Waals surface area contributed by atoms with Gasteiger partial charge in [0.05, 0.1) is 18.0 Å².